The van der Waals surface area contributed by atoms with Crippen molar-refractivity contribution in [3.8, 4) is 0 Å². The summed E-state index contributed by atoms with van der Waals surface area (Å²) in [6.07, 6.45) is 3.15. The van der Waals surface area contributed by atoms with Gasteiger partial charge in [-0.2, -0.15) is 0 Å². The van der Waals surface area contributed by atoms with Crippen molar-refractivity contribution < 1.29 is 9.53 Å². The third-order valence-electron chi connectivity index (χ3n) is 3.63. The van der Waals surface area contributed by atoms with Crippen LogP contribution in [0.25, 0.3) is 0 Å². The van der Waals surface area contributed by atoms with Crippen molar-refractivity contribution in [1.82, 2.24) is 20.5 Å². The molecule has 2 heterocycles. The van der Waals surface area contributed by atoms with Gasteiger partial charge in [-0.15, -0.1) is 5.10 Å². The monoisotopic (exact) mass is 250 g/mol. The molecule has 1 aliphatic carbocycles. The van der Waals surface area contributed by atoms with E-state index in [0.717, 1.165) is 25.1 Å². The summed E-state index contributed by atoms with van der Waals surface area (Å²) in [7, 11) is 0. The Morgan fingerprint density at radius 1 is 1.44 bits per heavy atom. The number of rotatable bonds is 3. The number of hydrogen-bond acceptors (Lipinski definition) is 4. The molecule has 98 valence electrons. The zero-order valence-corrected chi connectivity index (χ0v) is 10.5. The number of nitrogens with zero attached hydrogens (tertiary/aromatic N) is 2. The summed E-state index contributed by atoms with van der Waals surface area (Å²) >= 11 is 0. The van der Waals surface area contributed by atoms with E-state index in [-0.39, 0.29) is 17.8 Å². The molecule has 0 aromatic carbocycles. The minimum absolute atomic E-state index is 0.161. The fourth-order valence-corrected chi connectivity index (χ4v) is 2.24. The molecule has 1 saturated heterocycles. The zero-order valence-electron chi connectivity index (χ0n) is 10.5. The second-order valence-electron chi connectivity index (χ2n) is 5.24. The van der Waals surface area contributed by atoms with E-state index in [1.54, 1.807) is 0 Å². The van der Waals surface area contributed by atoms with E-state index in [1.807, 2.05) is 0 Å². The van der Waals surface area contributed by atoms with Crippen LogP contribution in [-0.4, -0.2) is 40.3 Å². The molecule has 6 heteroatoms. The molecular formula is C12H18N4O2. The summed E-state index contributed by atoms with van der Waals surface area (Å²) in [6.45, 7) is 3.49. The van der Waals surface area contributed by atoms with Gasteiger partial charge >= 0.3 is 0 Å². The molecule has 0 spiro atoms. The van der Waals surface area contributed by atoms with E-state index in [9.17, 15) is 4.79 Å². The molecule has 1 saturated carbocycles. The molecule has 2 N–H and O–H groups in total. The Labute approximate surface area is 106 Å². The molecule has 0 bridgehead atoms. The van der Waals surface area contributed by atoms with Crippen LogP contribution < -0.4 is 5.32 Å². The van der Waals surface area contributed by atoms with Crippen molar-refractivity contribution in [3.63, 3.8) is 0 Å². The van der Waals surface area contributed by atoms with E-state index >= 15 is 0 Å². The third-order valence-corrected chi connectivity index (χ3v) is 3.63. The summed E-state index contributed by atoms with van der Waals surface area (Å²) in [5.74, 6) is 1.75. The number of aromatic nitrogens is 3. The number of hydrogen-bond donors (Lipinski definition) is 2. The van der Waals surface area contributed by atoms with Crippen LogP contribution in [0.1, 0.15) is 48.5 Å². The molecule has 1 amide bonds. The highest BCUT2D eigenvalue weighted by atomic mass is 16.5. The lowest BCUT2D eigenvalue weighted by atomic mass is 9.98. The fourth-order valence-electron chi connectivity index (χ4n) is 2.24. The number of amides is 1. The lowest BCUT2D eigenvalue weighted by Crippen LogP contribution is -2.44. The van der Waals surface area contributed by atoms with Crippen LogP contribution in [0.3, 0.4) is 0 Å². The number of ether oxygens (including phenoxy) is 1. The summed E-state index contributed by atoms with van der Waals surface area (Å²) in [5, 5.41) is 9.83. The van der Waals surface area contributed by atoms with Gasteiger partial charge in [-0.25, -0.2) is 4.98 Å². The topological polar surface area (TPSA) is 79.9 Å². The predicted molar refractivity (Wildman–Crippen MR) is 64.2 cm³/mol. The van der Waals surface area contributed by atoms with Crippen molar-refractivity contribution in [2.75, 3.05) is 13.2 Å². The molecular weight excluding hydrogens is 232 g/mol. The van der Waals surface area contributed by atoms with Gasteiger partial charge < -0.3 is 10.1 Å². The van der Waals surface area contributed by atoms with Crippen molar-refractivity contribution in [2.45, 2.75) is 38.1 Å². The first-order valence-corrected chi connectivity index (χ1v) is 6.55. The molecule has 1 aliphatic heterocycles. The zero-order chi connectivity index (χ0) is 12.5. The maximum Gasteiger partial charge on any atom is 0.291 e. The van der Waals surface area contributed by atoms with Crippen LogP contribution in [0, 0.1) is 5.92 Å². The Morgan fingerprint density at radius 2 is 2.28 bits per heavy atom. The molecule has 1 aromatic rings. The van der Waals surface area contributed by atoms with Crippen molar-refractivity contribution in [3.05, 3.63) is 11.6 Å². The van der Waals surface area contributed by atoms with Crippen molar-refractivity contribution >= 4 is 5.91 Å². The number of carbonyl (C=O) groups is 1. The normalized spacial score (nSPS) is 28.1. The van der Waals surface area contributed by atoms with Gasteiger partial charge in [0.05, 0.1) is 6.61 Å². The molecule has 6 nitrogen and oxygen atoms in total. The SMILES string of the molecule is CC1COCCC1NC(=O)c1n[nH]c(C2CC2)n1. The third kappa shape index (κ3) is 2.38. The van der Waals surface area contributed by atoms with Crippen LogP contribution in [0.15, 0.2) is 0 Å². The Morgan fingerprint density at radius 3 is 3.00 bits per heavy atom. The average molecular weight is 250 g/mol. The minimum Gasteiger partial charge on any atom is -0.381 e. The highest BCUT2D eigenvalue weighted by Gasteiger charge is 2.29. The van der Waals surface area contributed by atoms with E-state index in [1.165, 1.54) is 0 Å². The number of nitrogens with one attached hydrogen (secondary N) is 2. The highest BCUT2D eigenvalue weighted by molar-refractivity contribution is 5.90. The molecule has 3 rings (SSSR count). The van der Waals surface area contributed by atoms with Crippen LogP contribution in [0.2, 0.25) is 0 Å². The van der Waals surface area contributed by atoms with Gasteiger partial charge in [0, 0.05) is 18.6 Å². The van der Waals surface area contributed by atoms with Gasteiger partial charge in [-0.1, -0.05) is 6.92 Å². The van der Waals surface area contributed by atoms with Gasteiger partial charge in [0.15, 0.2) is 0 Å². The Bertz CT molecular complexity index is 441. The lowest BCUT2D eigenvalue weighted by Gasteiger charge is -2.29. The molecule has 2 fully saturated rings. The molecule has 2 unspecified atom stereocenters. The average Bonchev–Trinajstić information content (AvgIpc) is 3.10. The van der Waals surface area contributed by atoms with Gasteiger partial charge in [0.2, 0.25) is 5.82 Å². The van der Waals surface area contributed by atoms with Gasteiger partial charge in [0.25, 0.3) is 5.91 Å². The van der Waals surface area contributed by atoms with Crippen LogP contribution >= 0.6 is 0 Å². The van der Waals surface area contributed by atoms with Gasteiger partial charge in [0.1, 0.15) is 5.82 Å². The lowest BCUT2D eigenvalue weighted by molar-refractivity contribution is 0.0373. The first-order chi connectivity index (χ1) is 8.74. The number of aromatic amines is 1. The van der Waals surface area contributed by atoms with E-state index in [2.05, 4.69) is 27.4 Å². The molecule has 2 aliphatic rings. The van der Waals surface area contributed by atoms with Crippen molar-refractivity contribution in [2.24, 2.45) is 5.92 Å². The smallest absolute Gasteiger partial charge is 0.291 e. The van der Waals surface area contributed by atoms with E-state index in [0.29, 0.717) is 25.0 Å². The van der Waals surface area contributed by atoms with Crippen molar-refractivity contribution in [1.29, 1.82) is 0 Å². The second-order valence-corrected chi connectivity index (χ2v) is 5.24. The standard InChI is InChI=1S/C12H18N4O2/c1-7-6-18-5-4-9(7)13-12(17)11-14-10(15-16-11)8-2-3-8/h7-9H,2-6H2,1H3,(H,13,17)(H,14,15,16). The maximum atomic E-state index is 12.0. The first kappa shape index (κ1) is 11.6. The highest BCUT2D eigenvalue weighted by Crippen LogP contribution is 2.37. The van der Waals surface area contributed by atoms with Crippen LogP contribution in [0.4, 0.5) is 0 Å². The summed E-state index contributed by atoms with van der Waals surface area (Å²) < 4.78 is 5.35. The molecule has 2 atom stereocenters. The Balaban J connectivity index is 1.62. The van der Waals surface area contributed by atoms with Gasteiger partial charge in [-0.3, -0.25) is 9.89 Å². The summed E-state index contributed by atoms with van der Waals surface area (Å²) in [4.78, 5) is 16.3. The fraction of sp³-hybridized carbons (Fsp3) is 0.750. The first-order valence-electron chi connectivity index (χ1n) is 6.55. The number of H-pyrrole nitrogens is 1. The molecule has 0 radical (unpaired) electrons. The Kier molecular flexibility index (Phi) is 3.03. The molecule has 1 aromatic heterocycles. The van der Waals surface area contributed by atoms with Crippen LogP contribution in [0.5, 0.6) is 0 Å². The van der Waals surface area contributed by atoms with E-state index in [4.69, 9.17) is 4.74 Å². The minimum atomic E-state index is -0.183. The second kappa shape index (κ2) is 4.68. The molecule has 18 heavy (non-hydrogen) atoms. The summed E-state index contributed by atoms with van der Waals surface area (Å²) in [5.41, 5.74) is 0. The quantitative estimate of drug-likeness (QED) is 0.833. The van der Waals surface area contributed by atoms with Crippen LogP contribution in [-0.2, 0) is 4.74 Å². The van der Waals surface area contributed by atoms with Gasteiger partial charge in [-0.05, 0) is 25.2 Å². The summed E-state index contributed by atoms with van der Waals surface area (Å²) in [6, 6.07) is 0.161. The largest absolute Gasteiger partial charge is 0.381 e. The Hall–Kier alpha value is -1.43. The number of carbonyl (C=O) groups excluding carboxylic acids is 1. The predicted octanol–water partition coefficient (Wildman–Crippen LogP) is 0.837. The maximum absolute atomic E-state index is 12.0. The van der Waals surface area contributed by atoms with E-state index < -0.39 is 0 Å².